The zero-order valence-electron chi connectivity index (χ0n) is 12.4. The molecule has 3 rings (SSSR count). The van der Waals surface area contributed by atoms with Crippen LogP contribution in [0.4, 0.5) is 5.69 Å². The lowest BCUT2D eigenvalue weighted by molar-refractivity contribution is 0.0985. The van der Waals surface area contributed by atoms with E-state index in [-0.39, 0.29) is 11.7 Å². The first-order valence-corrected chi connectivity index (χ1v) is 7.40. The van der Waals surface area contributed by atoms with Crippen molar-refractivity contribution in [2.24, 2.45) is 0 Å². The number of Topliss-reactive ketones (excluding diaryl/α,β-unsaturated/α-hetero) is 1. The highest BCUT2D eigenvalue weighted by Gasteiger charge is 2.21. The molecule has 1 aromatic carbocycles. The summed E-state index contributed by atoms with van der Waals surface area (Å²) in [4.78, 5) is 24.1. The van der Waals surface area contributed by atoms with E-state index < -0.39 is 0 Å². The number of carbonyl (C=O) groups is 2. The van der Waals surface area contributed by atoms with Gasteiger partial charge in [-0.2, -0.15) is 5.10 Å². The normalized spacial score (nSPS) is 13.5. The molecule has 3 N–H and O–H groups in total. The fourth-order valence-corrected chi connectivity index (χ4v) is 2.58. The minimum absolute atomic E-state index is 0.0532. The molecule has 22 heavy (non-hydrogen) atoms. The maximum Gasteiger partial charge on any atom is 0.276 e. The molecule has 2 aromatic rings. The summed E-state index contributed by atoms with van der Waals surface area (Å²) >= 11 is 0. The molecule has 6 heteroatoms. The van der Waals surface area contributed by atoms with Gasteiger partial charge in [0.1, 0.15) is 0 Å². The summed E-state index contributed by atoms with van der Waals surface area (Å²) in [6, 6.07) is 6.98. The van der Waals surface area contributed by atoms with Crippen molar-refractivity contribution in [1.82, 2.24) is 15.5 Å². The van der Waals surface area contributed by atoms with E-state index >= 15 is 0 Å². The lowest BCUT2D eigenvalue weighted by Crippen LogP contribution is -2.25. The van der Waals surface area contributed by atoms with Crippen molar-refractivity contribution >= 4 is 17.4 Å². The predicted molar refractivity (Wildman–Crippen MR) is 83.0 cm³/mol. The molecule has 0 bridgehead atoms. The minimum atomic E-state index is -0.262. The van der Waals surface area contributed by atoms with Gasteiger partial charge in [0.2, 0.25) is 0 Å². The summed E-state index contributed by atoms with van der Waals surface area (Å²) in [6.45, 7) is 3.34. The standard InChI is InChI=1S/C16H18N4O2/c1-2-14(21)10-4-3-5-11(8-10)18-16(22)15-12-9-17-7-6-13(12)19-20-15/h3-5,8,17H,2,6-7,9H2,1H3,(H,18,22)(H,19,20). The van der Waals surface area contributed by atoms with E-state index in [2.05, 4.69) is 20.8 Å². The number of rotatable bonds is 4. The number of ketones is 1. The van der Waals surface area contributed by atoms with Gasteiger partial charge >= 0.3 is 0 Å². The van der Waals surface area contributed by atoms with Crippen molar-refractivity contribution < 1.29 is 9.59 Å². The lowest BCUT2D eigenvalue weighted by Gasteiger charge is -2.13. The molecule has 1 amide bonds. The first kappa shape index (κ1) is 14.5. The van der Waals surface area contributed by atoms with Crippen LogP contribution >= 0.6 is 0 Å². The van der Waals surface area contributed by atoms with Crippen LogP contribution in [0, 0.1) is 0 Å². The van der Waals surface area contributed by atoms with Crippen LogP contribution in [0.3, 0.4) is 0 Å². The summed E-state index contributed by atoms with van der Waals surface area (Å²) in [5, 5.41) is 13.1. The topological polar surface area (TPSA) is 86.9 Å². The molecule has 6 nitrogen and oxygen atoms in total. The highest BCUT2D eigenvalue weighted by molar-refractivity contribution is 6.05. The SMILES string of the molecule is CCC(=O)c1cccc(NC(=O)c2n[nH]c3c2CNCC3)c1. The molecule has 1 aromatic heterocycles. The highest BCUT2D eigenvalue weighted by Crippen LogP contribution is 2.18. The third kappa shape index (κ3) is 2.78. The zero-order chi connectivity index (χ0) is 15.5. The van der Waals surface area contributed by atoms with E-state index in [9.17, 15) is 9.59 Å². The molecular formula is C16H18N4O2. The van der Waals surface area contributed by atoms with Crippen LogP contribution < -0.4 is 10.6 Å². The third-order valence-electron chi connectivity index (χ3n) is 3.78. The summed E-state index contributed by atoms with van der Waals surface area (Å²) in [6.07, 6.45) is 1.28. The van der Waals surface area contributed by atoms with Crippen molar-refractivity contribution in [2.45, 2.75) is 26.3 Å². The van der Waals surface area contributed by atoms with Gasteiger partial charge in [-0.1, -0.05) is 19.1 Å². The maximum atomic E-state index is 12.4. The molecule has 1 aliphatic rings. The van der Waals surface area contributed by atoms with Gasteiger partial charge in [-0.05, 0) is 12.1 Å². The van der Waals surface area contributed by atoms with Crippen LogP contribution in [0.1, 0.15) is 45.4 Å². The van der Waals surface area contributed by atoms with Crippen LogP contribution in [-0.4, -0.2) is 28.4 Å². The molecule has 0 unspecified atom stereocenters. The molecule has 0 saturated carbocycles. The monoisotopic (exact) mass is 298 g/mol. The summed E-state index contributed by atoms with van der Waals surface area (Å²) in [7, 11) is 0. The summed E-state index contributed by atoms with van der Waals surface area (Å²) in [5.41, 5.74) is 3.55. The maximum absolute atomic E-state index is 12.4. The summed E-state index contributed by atoms with van der Waals surface area (Å²) < 4.78 is 0. The Kier molecular flexibility index (Phi) is 4.02. The van der Waals surface area contributed by atoms with E-state index in [1.165, 1.54) is 0 Å². The molecule has 0 atom stereocenters. The van der Waals surface area contributed by atoms with Gasteiger partial charge in [-0.3, -0.25) is 14.7 Å². The molecule has 0 spiro atoms. The van der Waals surface area contributed by atoms with Crippen molar-refractivity contribution in [1.29, 1.82) is 0 Å². The summed E-state index contributed by atoms with van der Waals surface area (Å²) in [5.74, 6) is -0.209. The van der Waals surface area contributed by atoms with Gasteiger partial charge in [0.05, 0.1) is 0 Å². The minimum Gasteiger partial charge on any atom is -0.321 e. The van der Waals surface area contributed by atoms with Crippen molar-refractivity contribution in [3.63, 3.8) is 0 Å². The van der Waals surface area contributed by atoms with Crippen LogP contribution in [0.5, 0.6) is 0 Å². The number of H-pyrrole nitrogens is 1. The quantitative estimate of drug-likeness (QED) is 0.752. The Morgan fingerprint density at radius 1 is 1.36 bits per heavy atom. The lowest BCUT2D eigenvalue weighted by atomic mass is 10.1. The predicted octanol–water partition coefficient (Wildman–Crippen LogP) is 1.90. The molecule has 0 fully saturated rings. The highest BCUT2D eigenvalue weighted by atomic mass is 16.2. The molecule has 0 aliphatic carbocycles. The van der Waals surface area contributed by atoms with E-state index in [0.717, 1.165) is 24.2 Å². The fraction of sp³-hybridized carbons (Fsp3) is 0.312. The Morgan fingerprint density at radius 3 is 3.05 bits per heavy atom. The van der Waals surface area contributed by atoms with Gasteiger partial charge in [-0.15, -0.1) is 0 Å². The second-order valence-corrected chi connectivity index (χ2v) is 5.27. The number of fused-ring (bicyclic) bond motifs is 1. The molecule has 114 valence electrons. The average Bonchev–Trinajstić information content (AvgIpc) is 2.98. The number of carbonyl (C=O) groups excluding carboxylic acids is 2. The number of hydrogen-bond acceptors (Lipinski definition) is 4. The van der Waals surface area contributed by atoms with Crippen LogP contribution in [0.25, 0.3) is 0 Å². The smallest absolute Gasteiger partial charge is 0.276 e. The van der Waals surface area contributed by atoms with E-state index in [0.29, 0.717) is 29.9 Å². The Morgan fingerprint density at radius 2 is 2.23 bits per heavy atom. The number of nitrogens with zero attached hydrogens (tertiary/aromatic N) is 1. The van der Waals surface area contributed by atoms with Gasteiger partial charge in [0.15, 0.2) is 11.5 Å². The third-order valence-corrected chi connectivity index (χ3v) is 3.78. The van der Waals surface area contributed by atoms with Gasteiger partial charge < -0.3 is 10.6 Å². The second-order valence-electron chi connectivity index (χ2n) is 5.27. The number of benzene rings is 1. The van der Waals surface area contributed by atoms with Gasteiger partial charge in [0.25, 0.3) is 5.91 Å². The van der Waals surface area contributed by atoms with E-state index in [1.54, 1.807) is 24.3 Å². The van der Waals surface area contributed by atoms with E-state index in [4.69, 9.17) is 0 Å². The number of anilines is 1. The Labute approximate surface area is 128 Å². The van der Waals surface area contributed by atoms with Crippen molar-refractivity contribution in [3.05, 3.63) is 46.8 Å². The van der Waals surface area contributed by atoms with Gasteiger partial charge in [0, 0.05) is 48.4 Å². The molecular weight excluding hydrogens is 280 g/mol. The Hall–Kier alpha value is -2.47. The molecule has 1 aliphatic heterocycles. The molecule has 0 saturated heterocycles. The van der Waals surface area contributed by atoms with Crippen LogP contribution in [0.2, 0.25) is 0 Å². The second kappa shape index (κ2) is 6.11. The van der Waals surface area contributed by atoms with Crippen molar-refractivity contribution in [2.75, 3.05) is 11.9 Å². The number of amides is 1. The fourth-order valence-electron chi connectivity index (χ4n) is 2.58. The van der Waals surface area contributed by atoms with Gasteiger partial charge in [-0.25, -0.2) is 0 Å². The van der Waals surface area contributed by atoms with Crippen LogP contribution in [-0.2, 0) is 13.0 Å². The number of hydrogen-bond donors (Lipinski definition) is 3. The number of aromatic nitrogens is 2. The Balaban J connectivity index is 1.80. The molecule has 2 heterocycles. The van der Waals surface area contributed by atoms with Crippen molar-refractivity contribution in [3.8, 4) is 0 Å². The number of aromatic amines is 1. The Bertz CT molecular complexity index is 721. The van der Waals surface area contributed by atoms with Crippen LogP contribution in [0.15, 0.2) is 24.3 Å². The first-order chi connectivity index (χ1) is 10.7. The largest absolute Gasteiger partial charge is 0.321 e. The average molecular weight is 298 g/mol. The number of nitrogens with one attached hydrogen (secondary N) is 3. The molecule has 0 radical (unpaired) electrons. The zero-order valence-corrected chi connectivity index (χ0v) is 12.4. The van der Waals surface area contributed by atoms with E-state index in [1.807, 2.05) is 6.92 Å². The first-order valence-electron chi connectivity index (χ1n) is 7.40.